The van der Waals surface area contributed by atoms with Gasteiger partial charge >= 0.3 is 0 Å². The second-order valence-corrected chi connectivity index (χ2v) is 6.15. The summed E-state index contributed by atoms with van der Waals surface area (Å²) in [6, 6.07) is 24.1. The normalized spacial score (nSPS) is 11.1. The van der Waals surface area contributed by atoms with E-state index in [1.165, 1.54) is 28.9 Å². The molecule has 1 aromatic heterocycles. The number of hydrogen-bond donors (Lipinski definition) is 1. The van der Waals surface area contributed by atoms with E-state index in [0.717, 1.165) is 12.1 Å². The quantitative estimate of drug-likeness (QED) is 0.449. The molecule has 0 fully saturated rings. The molecule has 1 N–H and O–H groups in total. The maximum absolute atomic E-state index is 11.8. The number of rotatable bonds is 3. The van der Waals surface area contributed by atoms with Crippen LogP contribution in [0, 0.1) is 0 Å². The van der Waals surface area contributed by atoms with Crippen LogP contribution in [0.5, 0.6) is 0 Å². The van der Waals surface area contributed by atoms with Crippen molar-refractivity contribution in [1.29, 1.82) is 0 Å². The van der Waals surface area contributed by atoms with E-state index in [4.69, 9.17) is 0 Å². The molecule has 0 aliphatic carbocycles. The Labute approximate surface area is 145 Å². The van der Waals surface area contributed by atoms with Gasteiger partial charge in [-0.2, -0.15) is 0 Å². The van der Waals surface area contributed by atoms with Crippen molar-refractivity contribution in [2.45, 2.75) is 6.54 Å². The number of fused-ring (bicyclic) bond motifs is 3. The molecule has 0 unspecified atom stereocenters. The van der Waals surface area contributed by atoms with Crippen molar-refractivity contribution in [2.24, 2.45) is 0 Å². The Kier molecular flexibility index (Phi) is 3.75. The summed E-state index contributed by atoms with van der Waals surface area (Å²) in [6.45, 7) is 0.720. The molecule has 0 saturated heterocycles. The van der Waals surface area contributed by atoms with E-state index in [1.54, 1.807) is 12.1 Å². The molecule has 0 aliphatic heterocycles. The van der Waals surface area contributed by atoms with E-state index < -0.39 is 5.91 Å². The lowest BCUT2D eigenvalue weighted by molar-refractivity contribution is -0.0374. The van der Waals surface area contributed by atoms with Gasteiger partial charge in [0.1, 0.15) is 0 Å². The summed E-state index contributed by atoms with van der Waals surface area (Å²) in [6.07, 6.45) is 0. The molecule has 0 bridgehead atoms. The van der Waals surface area contributed by atoms with Gasteiger partial charge in [-0.1, -0.05) is 48.5 Å². The zero-order valence-electron chi connectivity index (χ0n) is 13.9. The van der Waals surface area contributed by atoms with Crippen LogP contribution >= 0.6 is 0 Å². The van der Waals surface area contributed by atoms with Gasteiger partial charge in [0.15, 0.2) is 0 Å². The van der Waals surface area contributed by atoms with Gasteiger partial charge in [-0.3, -0.25) is 10.0 Å². The molecule has 1 amide bonds. The summed E-state index contributed by atoms with van der Waals surface area (Å²) >= 11 is 0. The molecule has 4 aromatic rings. The fourth-order valence-corrected chi connectivity index (χ4v) is 3.30. The van der Waals surface area contributed by atoms with Gasteiger partial charge in [-0.15, -0.1) is 0 Å². The lowest BCUT2D eigenvalue weighted by atomic mass is 10.1. The number of carbonyl (C=O) groups is 1. The smallest absolute Gasteiger partial charge is 0.276 e. The molecular weight excluding hydrogens is 312 g/mol. The van der Waals surface area contributed by atoms with E-state index in [9.17, 15) is 10.0 Å². The number of benzene rings is 3. The molecule has 1 heterocycles. The summed E-state index contributed by atoms with van der Waals surface area (Å²) in [5.74, 6) is -0.414. The first-order valence-corrected chi connectivity index (χ1v) is 8.17. The number of aromatic nitrogens is 1. The third-order valence-electron chi connectivity index (χ3n) is 4.52. The van der Waals surface area contributed by atoms with E-state index in [0.29, 0.717) is 10.6 Å². The number of amides is 1. The molecule has 0 aliphatic rings. The van der Waals surface area contributed by atoms with Gasteiger partial charge < -0.3 is 4.57 Å². The van der Waals surface area contributed by atoms with Crippen molar-refractivity contribution in [3.63, 3.8) is 0 Å². The molecule has 0 saturated carbocycles. The van der Waals surface area contributed by atoms with E-state index in [1.807, 2.05) is 12.1 Å². The number of carbonyl (C=O) groups excluding carboxylic acids is 1. The highest BCUT2D eigenvalue weighted by atomic mass is 16.5. The topological polar surface area (TPSA) is 45.5 Å². The predicted octanol–water partition coefficient (Wildman–Crippen LogP) is 4.30. The number of hydrogen-bond acceptors (Lipinski definition) is 2. The van der Waals surface area contributed by atoms with Crippen LogP contribution in [0.4, 0.5) is 0 Å². The monoisotopic (exact) mass is 330 g/mol. The largest absolute Gasteiger partial charge is 0.336 e. The van der Waals surface area contributed by atoms with Crippen molar-refractivity contribution in [1.82, 2.24) is 9.63 Å². The third kappa shape index (κ3) is 2.66. The van der Waals surface area contributed by atoms with Gasteiger partial charge in [-0.25, -0.2) is 5.06 Å². The van der Waals surface area contributed by atoms with Crippen molar-refractivity contribution in [2.75, 3.05) is 7.05 Å². The van der Waals surface area contributed by atoms with Crippen LogP contribution in [0.15, 0.2) is 72.8 Å². The summed E-state index contributed by atoms with van der Waals surface area (Å²) in [5, 5.41) is 12.4. The summed E-state index contributed by atoms with van der Waals surface area (Å²) in [7, 11) is 1.33. The van der Waals surface area contributed by atoms with Crippen molar-refractivity contribution in [3.05, 3.63) is 83.9 Å². The second-order valence-electron chi connectivity index (χ2n) is 6.15. The first kappa shape index (κ1) is 15.4. The SMILES string of the molecule is CN(O)C(=O)c1ccc(Cn2c3ccccc3c3ccccc32)cc1. The predicted molar refractivity (Wildman–Crippen MR) is 98.9 cm³/mol. The maximum Gasteiger partial charge on any atom is 0.276 e. The first-order valence-electron chi connectivity index (χ1n) is 8.17. The Morgan fingerprint density at radius 3 is 1.92 bits per heavy atom. The zero-order valence-corrected chi connectivity index (χ0v) is 13.9. The lowest BCUT2D eigenvalue weighted by Crippen LogP contribution is -2.22. The molecule has 0 spiro atoms. The molecule has 4 nitrogen and oxygen atoms in total. The minimum atomic E-state index is -0.414. The first-order chi connectivity index (χ1) is 12.1. The highest BCUT2D eigenvalue weighted by Crippen LogP contribution is 2.29. The Morgan fingerprint density at radius 1 is 0.880 bits per heavy atom. The number of nitrogens with zero attached hydrogens (tertiary/aromatic N) is 2. The highest BCUT2D eigenvalue weighted by molar-refractivity contribution is 6.08. The van der Waals surface area contributed by atoms with Crippen molar-refractivity contribution < 1.29 is 10.0 Å². The molecule has 25 heavy (non-hydrogen) atoms. The van der Waals surface area contributed by atoms with Crippen LogP contribution in [0.1, 0.15) is 15.9 Å². The molecule has 0 atom stereocenters. The Morgan fingerprint density at radius 2 is 1.40 bits per heavy atom. The molecule has 3 aromatic carbocycles. The van der Waals surface area contributed by atoms with Crippen LogP contribution in [0.3, 0.4) is 0 Å². The number of para-hydroxylation sites is 2. The highest BCUT2D eigenvalue weighted by Gasteiger charge is 2.11. The maximum atomic E-state index is 11.8. The molecule has 4 heteroatoms. The van der Waals surface area contributed by atoms with E-state index in [-0.39, 0.29) is 0 Å². The van der Waals surface area contributed by atoms with Gasteiger partial charge in [-0.05, 0) is 29.8 Å². The van der Waals surface area contributed by atoms with Crippen LogP contribution in [0.2, 0.25) is 0 Å². The Balaban J connectivity index is 1.76. The standard InChI is InChI=1S/C21H18N2O2/c1-22(25)21(24)16-12-10-15(11-13-16)14-23-19-8-4-2-6-17(19)18-7-3-5-9-20(18)23/h2-13,25H,14H2,1H3. The summed E-state index contributed by atoms with van der Waals surface area (Å²) in [5.41, 5.74) is 3.96. The molecular formula is C21H18N2O2. The van der Waals surface area contributed by atoms with Crippen molar-refractivity contribution in [3.8, 4) is 0 Å². The van der Waals surface area contributed by atoms with Gasteiger partial charge in [0.05, 0.1) is 0 Å². The van der Waals surface area contributed by atoms with Crippen LogP contribution < -0.4 is 0 Å². The van der Waals surface area contributed by atoms with E-state index >= 15 is 0 Å². The van der Waals surface area contributed by atoms with Crippen LogP contribution in [-0.2, 0) is 6.54 Å². The fraction of sp³-hybridized carbons (Fsp3) is 0.0952. The zero-order chi connectivity index (χ0) is 17.4. The molecule has 124 valence electrons. The summed E-state index contributed by atoms with van der Waals surface area (Å²) < 4.78 is 2.29. The third-order valence-corrected chi connectivity index (χ3v) is 4.52. The molecule has 4 rings (SSSR count). The van der Waals surface area contributed by atoms with E-state index in [2.05, 4.69) is 53.1 Å². The Hall–Kier alpha value is -3.11. The van der Waals surface area contributed by atoms with Crippen LogP contribution in [0.25, 0.3) is 21.8 Å². The minimum absolute atomic E-state index is 0.414. The Bertz CT molecular complexity index is 1010. The summed E-state index contributed by atoms with van der Waals surface area (Å²) in [4.78, 5) is 11.8. The average molecular weight is 330 g/mol. The van der Waals surface area contributed by atoms with Crippen LogP contribution in [-0.4, -0.2) is 27.8 Å². The minimum Gasteiger partial charge on any atom is -0.336 e. The van der Waals surface area contributed by atoms with Gasteiger partial charge in [0, 0.05) is 41.0 Å². The fourth-order valence-electron chi connectivity index (χ4n) is 3.30. The second kappa shape index (κ2) is 6.07. The average Bonchev–Trinajstić information content (AvgIpc) is 2.96. The van der Waals surface area contributed by atoms with Gasteiger partial charge in [0.25, 0.3) is 5.91 Å². The number of hydroxylamine groups is 2. The lowest BCUT2D eigenvalue weighted by Gasteiger charge is -2.10. The van der Waals surface area contributed by atoms with Crippen molar-refractivity contribution >= 4 is 27.7 Å². The molecule has 0 radical (unpaired) electrons. The van der Waals surface area contributed by atoms with Gasteiger partial charge in [0.2, 0.25) is 0 Å².